The van der Waals surface area contributed by atoms with Crippen LogP contribution in [0.3, 0.4) is 0 Å². The average Bonchev–Trinajstić information content (AvgIpc) is 3.32. The molecule has 1 amide bonds. The van der Waals surface area contributed by atoms with E-state index in [-0.39, 0.29) is 19.0 Å². The van der Waals surface area contributed by atoms with Gasteiger partial charge in [0.15, 0.2) is 0 Å². The van der Waals surface area contributed by atoms with Crippen molar-refractivity contribution in [1.29, 1.82) is 0 Å². The standard InChI is InChI=1S/C22H26N6O3S/c1-17-8-9-21(18(2)14-17)32(30,31)27-12-10-26(11-13-27)22(29)20(28-16-23-24-25-28)15-19-6-4-3-5-7-19/h3-9,14,16,20H,10-13,15H2,1-2H3. The highest BCUT2D eigenvalue weighted by molar-refractivity contribution is 7.89. The summed E-state index contributed by atoms with van der Waals surface area (Å²) >= 11 is 0. The number of tetrazole rings is 1. The van der Waals surface area contributed by atoms with Crippen molar-refractivity contribution in [1.82, 2.24) is 29.4 Å². The Bertz CT molecular complexity index is 1170. The van der Waals surface area contributed by atoms with Crippen LogP contribution in [0.4, 0.5) is 0 Å². The van der Waals surface area contributed by atoms with Crippen LogP contribution in [0.15, 0.2) is 59.8 Å². The van der Waals surface area contributed by atoms with E-state index in [0.29, 0.717) is 24.4 Å². The third kappa shape index (κ3) is 4.56. The highest BCUT2D eigenvalue weighted by Crippen LogP contribution is 2.23. The molecular formula is C22H26N6O3S. The first-order valence-electron chi connectivity index (χ1n) is 10.5. The first kappa shape index (κ1) is 22.1. The molecule has 0 spiro atoms. The van der Waals surface area contributed by atoms with Crippen LogP contribution in [0, 0.1) is 13.8 Å². The van der Waals surface area contributed by atoms with E-state index >= 15 is 0 Å². The smallest absolute Gasteiger partial charge is 0.248 e. The molecule has 168 valence electrons. The summed E-state index contributed by atoms with van der Waals surface area (Å²) in [6.45, 7) is 4.86. The molecule has 0 saturated carbocycles. The topological polar surface area (TPSA) is 101 Å². The number of sulfonamides is 1. The Morgan fingerprint density at radius 2 is 1.75 bits per heavy atom. The normalized spacial score (nSPS) is 16.1. The van der Waals surface area contributed by atoms with Gasteiger partial charge in [-0.1, -0.05) is 48.0 Å². The van der Waals surface area contributed by atoms with Gasteiger partial charge in [-0.15, -0.1) is 5.10 Å². The van der Waals surface area contributed by atoms with Crippen molar-refractivity contribution in [2.45, 2.75) is 31.2 Å². The van der Waals surface area contributed by atoms with Crippen LogP contribution in [0.25, 0.3) is 0 Å². The largest absolute Gasteiger partial charge is 0.338 e. The molecule has 3 aromatic rings. The van der Waals surface area contributed by atoms with Crippen molar-refractivity contribution in [3.05, 3.63) is 71.5 Å². The molecule has 1 aliphatic rings. The van der Waals surface area contributed by atoms with Crippen molar-refractivity contribution in [3.8, 4) is 0 Å². The average molecular weight is 455 g/mol. The van der Waals surface area contributed by atoms with Gasteiger partial charge in [0.1, 0.15) is 12.4 Å². The lowest BCUT2D eigenvalue weighted by Gasteiger charge is -2.35. The second-order valence-corrected chi connectivity index (χ2v) is 9.90. The number of carbonyl (C=O) groups is 1. The number of nitrogens with zero attached hydrogens (tertiary/aromatic N) is 6. The predicted octanol–water partition coefficient (Wildman–Crippen LogP) is 1.61. The van der Waals surface area contributed by atoms with Crippen LogP contribution < -0.4 is 0 Å². The zero-order valence-electron chi connectivity index (χ0n) is 18.1. The summed E-state index contributed by atoms with van der Waals surface area (Å²) in [4.78, 5) is 15.4. The van der Waals surface area contributed by atoms with Gasteiger partial charge < -0.3 is 4.90 Å². The number of aryl methyl sites for hydroxylation is 2. The summed E-state index contributed by atoms with van der Waals surface area (Å²) in [6.07, 6.45) is 1.89. The summed E-state index contributed by atoms with van der Waals surface area (Å²) in [7, 11) is -3.61. The Hall–Kier alpha value is -3.11. The third-order valence-corrected chi connectivity index (χ3v) is 7.80. The summed E-state index contributed by atoms with van der Waals surface area (Å²) in [5, 5.41) is 11.3. The Kier molecular flexibility index (Phi) is 6.33. The van der Waals surface area contributed by atoms with E-state index < -0.39 is 16.1 Å². The van der Waals surface area contributed by atoms with Gasteiger partial charge in [-0.25, -0.2) is 13.1 Å². The fourth-order valence-electron chi connectivity index (χ4n) is 4.03. The van der Waals surface area contributed by atoms with Crippen LogP contribution in [-0.4, -0.2) is 69.9 Å². The van der Waals surface area contributed by atoms with Gasteiger partial charge in [0.05, 0.1) is 4.90 Å². The monoisotopic (exact) mass is 454 g/mol. The van der Waals surface area contributed by atoms with Crippen LogP contribution >= 0.6 is 0 Å². The molecule has 0 aliphatic carbocycles. The Morgan fingerprint density at radius 1 is 1.03 bits per heavy atom. The number of benzene rings is 2. The van der Waals surface area contributed by atoms with Gasteiger partial charge in [-0.05, 0) is 41.5 Å². The molecule has 10 heteroatoms. The molecule has 0 N–H and O–H groups in total. The molecule has 0 bridgehead atoms. The number of amides is 1. The molecule has 1 aromatic heterocycles. The number of rotatable bonds is 6. The van der Waals surface area contributed by atoms with Crippen molar-refractivity contribution in [3.63, 3.8) is 0 Å². The van der Waals surface area contributed by atoms with Gasteiger partial charge in [0.2, 0.25) is 15.9 Å². The number of hydrogen-bond donors (Lipinski definition) is 0. The molecule has 1 unspecified atom stereocenters. The van der Waals surface area contributed by atoms with E-state index in [9.17, 15) is 13.2 Å². The van der Waals surface area contributed by atoms with E-state index in [1.807, 2.05) is 43.3 Å². The van der Waals surface area contributed by atoms with E-state index in [1.165, 1.54) is 15.3 Å². The molecule has 1 fully saturated rings. The highest BCUT2D eigenvalue weighted by Gasteiger charge is 2.34. The molecule has 1 saturated heterocycles. The van der Waals surface area contributed by atoms with Crippen molar-refractivity contribution < 1.29 is 13.2 Å². The van der Waals surface area contributed by atoms with E-state index in [4.69, 9.17) is 0 Å². The highest BCUT2D eigenvalue weighted by atomic mass is 32.2. The third-order valence-electron chi connectivity index (χ3n) is 5.74. The Morgan fingerprint density at radius 3 is 2.38 bits per heavy atom. The predicted molar refractivity (Wildman–Crippen MR) is 118 cm³/mol. The molecule has 2 heterocycles. The van der Waals surface area contributed by atoms with Crippen LogP contribution in [0.2, 0.25) is 0 Å². The van der Waals surface area contributed by atoms with Crippen molar-refractivity contribution >= 4 is 15.9 Å². The van der Waals surface area contributed by atoms with E-state index in [2.05, 4.69) is 15.5 Å². The van der Waals surface area contributed by atoms with Gasteiger partial charge in [0, 0.05) is 32.6 Å². The number of aromatic nitrogens is 4. The fourth-order valence-corrected chi connectivity index (χ4v) is 5.66. The van der Waals surface area contributed by atoms with E-state index in [1.54, 1.807) is 24.0 Å². The minimum atomic E-state index is -3.61. The number of piperazine rings is 1. The number of carbonyl (C=O) groups excluding carboxylic acids is 1. The minimum Gasteiger partial charge on any atom is -0.338 e. The molecule has 9 nitrogen and oxygen atoms in total. The summed E-state index contributed by atoms with van der Waals surface area (Å²) < 4.78 is 29.2. The minimum absolute atomic E-state index is 0.121. The second kappa shape index (κ2) is 9.17. The summed E-state index contributed by atoms with van der Waals surface area (Å²) in [6, 6.07) is 14.4. The first-order valence-corrected chi connectivity index (χ1v) is 11.9. The Balaban J connectivity index is 1.48. The lowest BCUT2D eigenvalue weighted by molar-refractivity contribution is -0.136. The molecule has 0 radical (unpaired) electrons. The van der Waals surface area contributed by atoms with Crippen LogP contribution in [-0.2, 0) is 21.2 Å². The molecule has 1 atom stereocenters. The molecule has 1 aliphatic heterocycles. The summed E-state index contributed by atoms with van der Waals surface area (Å²) in [5.74, 6) is -0.121. The SMILES string of the molecule is Cc1ccc(S(=O)(=O)N2CCN(C(=O)C(Cc3ccccc3)n3cnnn3)CC2)c(C)c1. The van der Waals surface area contributed by atoms with Gasteiger partial charge in [-0.3, -0.25) is 4.79 Å². The van der Waals surface area contributed by atoms with Crippen LogP contribution in [0.1, 0.15) is 22.7 Å². The zero-order chi connectivity index (χ0) is 22.7. The number of hydrogen-bond acceptors (Lipinski definition) is 6. The van der Waals surface area contributed by atoms with Crippen LogP contribution in [0.5, 0.6) is 0 Å². The molecule has 4 rings (SSSR count). The van der Waals surface area contributed by atoms with Gasteiger partial charge in [-0.2, -0.15) is 4.31 Å². The molecular weight excluding hydrogens is 428 g/mol. The van der Waals surface area contributed by atoms with E-state index in [0.717, 1.165) is 16.7 Å². The quantitative estimate of drug-likeness (QED) is 0.561. The van der Waals surface area contributed by atoms with Crippen molar-refractivity contribution in [2.75, 3.05) is 26.2 Å². The summed E-state index contributed by atoms with van der Waals surface area (Å²) in [5.41, 5.74) is 2.74. The van der Waals surface area contributed by atoms with Crippen molar-refractivity contribution in [2.24, 2.45) is 0 Å². The fraction of sp³-hybridized carbons (Fsp3) is 0.364. The maximum atomic E-state index is 13.4. The first-order chi connectivity index (χ1) is 15.4. The lowest BCUT2D eigenvalue weighted by atomic mass is 10.0. The second-order valence-electron chi connectivity index (χ2n) is 7.99. The molecule has 32 heavy (non-hydrogen) atoms. The Labute approximate surface area is 187 Å². The van der Waals surface area contributed by atoms with Gasteiger partial charge in [0.25, 0.3) is 0 Å². The maximum Gasteiger partial charge on any atom is 0.248 e. The maximum absolute atomic E-state index is 13.4. The molecule has 2 aromatic carbocycles. The van der Waals surface area contributed by atoms with Gasteiger partial charge >= 0.3 is 0 Å². The lowest BCUT2D eigenvalue weighted by Crippen LogP contribution is -2.52. The zero-order valence-corrected chi connectivity index (χ0v) is 18.9.